The van der Waals surface area contributed by atoms with E-state index in [1.165, 1.54) is 22.3 Å². The molecule has 9 rings (SSSR count). The topological polar surface area (TPSA) is 74.0 Å². The van der Waals surface area contributed by atoms with E-state index in [0.717, 1.165) is 55.3 Å². The van der Waals surface area contributed by atoms with Crippen molar-refractivity contribution in [3.05, 3.63) is 156 Å². The molecule has 0 amide bonds. The average molecular weight is 618 g/mol. The van der Waals surface area contributed by atoms with Gasteiger partial charge in [0.25, 0.3) is 0 Å². The molecule has 7 aromatic rings. The summed E-state index contributed by atoms with van der Waals surface area (Å²) in [6.45, 7) is 4.61. The molecular weight excluding hydrogens is 587 g/mol. The molecule has 2 aliphatic carbocycles. The highest BCUT2D eigenvalue weighted by molar-refractivity contribution is 6.55. The highest BCUT2D eigenvalue weighted by Crippen LogP contribution is 2.49. The van der Waals surface area contributed by atoms with Gasteiger partial charge in [0.15, 0.2) is 5.82 Å². The van der Waals surface area contributed by atoms with Gasteiger partial charge in [-0.05, 0) is 75.0 Å². The van der Waals surface area contributed by atoms with Gasteiger partial charge in [-0.3, -0.25) is 10.8 Å². The number of nitrogens with zero attached hydrogens (tertiary/aromatic N) is 3. The van der Waals surface area contributed by atoms with E-state index in [0.29, 0.717) is 17.2 Å². The smallest absolute Gasteiger partial charge is 0.160 e. The number of fused-ring (bicyclic) bond motifs is 7. The summed E-state index contributed by atoms with van der Waals surface area (Å²) in [4.78, 5) is 10.4. The third kappa shape index (κ3) is 4.39. The summed E-state index contributed by atoms with van der Waals surface area (Å²) in [7, 11) is 0. The Bertz CT molecular complexity index is 2520. The summed E-state index contributed by atoms with van der Waals surface area (Å²) in [6.07, 6.45) is 3.79. The van der Waals surface area contributed by atoms with Gasteiger partial charge in [0, 0.05) is 27.5 Å². The molecule has 0 unspecified atom stereocenters. The summed E-state index contributed by atoms with van der Waals surface area (Å²) in [5.41, 5.74) is 15.9. The second-order valence-corrected chi connectivity index (χ2v) is 13.0. The summed E-state index contributed by atoms with van der Waals surface area (Å²) < 4.78 is 0. The minimum Gasteiger partial charge on any atom is -0.299 e. The van der Waals surface area contributed by atoms with Gasteiger partial charge in [0.2, 0.25) is 0 Å². The van der Waals surface area contributed by atoms with Crippen molar-refractivity contribution in [3.8, 4) is 33.8 Å². The van der Waals surface area contributed by atoms with E-state index in [2.05, 4.69) is 110 Å². The molecule has 5 heteroatoms. The number of hydrogen-bond acceptors (Lipinski definition) is 5. The first kappa shape index (κ1) is 28.1. The lowest BCUT2D eigenvalue weighted by atomic mass is 9.82. The molecular formula is C43H31N5. The molecule has 48 heavy (non-hydrogen) atoms. The largest absolute Gasteiger partial charge is 0.299 e. The van der Waals surface area contributed by atoms with Gasteiger partial charge in [-0.25, -0.2) is 9.97 Å². The Hall–Kier alpha value is -6.20. The Morgan fingerprint density at radius 3 is 2.29 bits per heavy atom. The first-order chi connectivity index (χ1) is 23.5. The van der Waals surface area contributed by atoms with Crippen LogP contribution in [0.1, 0.15) is 36.1 Å². The molecule has 0 aliphatic heterocycles. The zero-order valence-electron chi connectivity index (χ0n) is 26.6. The maximum atomic E-state index is 8.79. The fraction of sp³-hybridized carbons (Fsp3) is 0.0698. The molecule has 0 spiro atoms. The number of nitrogens with one attached hydrogen (secondary N) is 2. The van der Waals surface area contributed by atoms with Crippen molar-refractivity contribution >= 4 is 44.9 Å². The number of benzene rings is 6. The van der Waals surface area contributed by atoms with Crippen LogP contribution in [0.3, 0.4) is 0 Å². The van der Waals surface area contributed by atoms with E-state index in [1.54, 1.807) is 6.08 Å². The molecule has 1 aromatic heterocycles. The first-order valence-electron chi connectivity index (χ1n) is 16.2. The monoisotopic (exact) mass is 617 g/mol. The average Bonchev–Trinajstić information content (AvgIpc) is 3.36. The molecule has 0 saturated heterocycles. The Morgan fingerprint density at radius 2 is 1.40 bits per heavy atom. The SMILES string of the molecule is CC1(C)c2ccccc2-c2cc(-c3nc(-c4ccc5ccc6c(c5c4)/C(=N/Nc4ccccc4)C(=N)C=C6)nc4ccccc34)ccc21. The zero-order chi connectivity index (χ0) is 32.4. The molecule has 0 fully saturated rings. The van der Waals surface area contributed by atoms with Crippen LogP contribution in [0, 0.1) is 5.41 Å². The van der Waals surface area contributed by atoms with Gasteiger partial charge < -0.3 is 0 Å². The highest BCUT2D eigenvalue weighted by atomic mass is 15.3. The van der Waals surface area contributed by atoms with Crippen molar-refractivity contribution in [2.24, 2.45) is 5.10 Å². The van der Waals surface area contributed by atoms with Crippen LogP contribution in [0.25, 0.3) is 61.5 Å². The van der Waals surface area contributed by atoms with Gasteiger partial charge >= 0.3 is 0 Å². The summed E-state index contributed by atoms with van der Waals surface area (Å²) in [5.74, 6) is 0.659. The summed E-state index contributed by atoms with van der Waals surface area (Å²) in [5, 5.41) is 16.6. The lowest BCUT2D eigenvalue weighted by Crippen LogP contribution is -2.19. The van der Waals surface area contributed by atoms with Crippen LogP contribution >= 0.6 is 0 Å². The lowest BCUT2D eigenvalue weighted by Gasteiger charge is -2.21. The maximum Gasteiger partial charge on any atom is 0.160 e. The van der Waals surface area contributed by atoms with E-state index >= 15 is 0 Å². The summed E-state index contributed by atoms with van der Waals surface area (Å²) >= 11 is 0. The Balaban J connectivity index is 1.21. The van der Waals surface area contributed by atoms with E-state index in [1.807, 2.05) is 42.5 Å². The highest BCUT2D eigenvalue weighted by Gasteiger charge is 2.35. The first-order valence-corrected chi connectivity index (χ1v) is 16.2. The van der Waals surface area contributed by atoms with Crippen LogP contribution in [0.5, 0.6) is 0 Å². The second kappa shape index (κ2) is 10.7. The normalized spacial score (nSPS) is 15.0. The van der Waals surface area contributed by atoms with Crippen LogP contribution in [-0.2, 0) is 5.41 Å². The number of rotatable bonds is 4. The van der Waals surface area contributed by atoms with Crippen molar-refractivity contribution in [1.29, 1.82) is 5.41 Å². The maximum absolute atomic E-state index is 8.79. The van der Waals surface area contributed by atoms with Crippen molar-refractivity contribution in [2.75, 3.05) is 5.43 Å². The second-order valence-electron chi connectivity index (χ2n) is 13.0. The van der Waals surface area contributed by atoms with Crippen molar-refractivity contribution < 1.29 is 0 Å². The Labute approximate surface area is 278 Å². The molecule has 0 atom stereocenters. The molecule has 1 heterocycles. The lowest BCUT2D eigenvalue weighted by molar-refractivity contribution is 0.660. The fourth-order valence-corrected chi connectivity index (χ4v) is 7.31. The number of para-hydroxylation sites is 2. The predicted molar refractivity (Wildman–Crippen MR) is 199 cm³/mol. The molecule has 5 nitrogen and oxygen atoms in total. The van der Waals surface area contributed by atoms with Gasteiger partial charge in [-0.2, -0.15) is 5.10 Å². The van der Waals surface area contributed by atoms with Gasteiger partial charge in [-0.15, -0.1) is 0 Å². The number of hydrazone groups is 1. The summed E-state index contributed by atoms with van der Waals surface area (Å²) in [6, 6.07) is 44.2. The Kier molecular flexibility index (Phi) is 6.24. The predicted octanol–water partition coefficient (Wildman–Crippen LogP) is 10.3. The minimum absolute atomic E-state index is 0.0576. The van der Waals surface area contributed by atoms with Crippen LogP contribution in [0.15, 0.2) is 139 Å². The van der Waals surface area contributed by atoms with Crippen LogP contribution in [0.4, 0.5) is 5.69 Å². The number of aromatic nitrogens is 2. The van der Waals surface area contributed by atoms with E-state index in [4.69, 9.17) is 20.5 Å². The van der Waals surface area contributed by atoms with E-state index in [-0.39, 0.29) is 5.41 Å². The number of hydrogen-bond donors (Lipinski definition) is 2. The quantitative estimate of drug-likeness (QED) is 0.193. The molecule has 0 bridgehead atoms. The number of anilines is 1. The molecule has 2 N–H and O–H groups in total. The zero-order valence-corrected chi connectivity index (χ0v) is 26.6. The number of allylic oxidation sites excluding steroid dienone is 1. The van der Waals surface area contributed by atoms with Crippen LogP contribution in [0.2, 0.25) is 0 Å². The standard InChI is InChI=1S/C43H31N5/c1-43(2)35-14-8-6-12-31(35)34-24-28(20-22-36(34)43)40-32-13-7-9-15-38(32)45-42(46-40)29-19-17-26-16-18-27-21-23-37(44)41(39(27)33(26)25-29)48-47-30-10-4-3-5-11-30/h3-25,44,47H,1-2H3/b44-37?,48-41+. The van der Waals surface area contributed by atoms with E-state index < -0.39 is 0 Å². The molecule has 0 saturated carbocycles. The van der Waals surface area contributed by atoms with Crippen molar-refractivity contribution in [2.45, 2.75) is 19.3 Å². The molecule has 0 radical (unpaired) electrons. The van der Waals surface area contributed by atoms with Crippen molar-refractivity contribution in [3.63, 3.8) is 0 Å². The van der Waals surface area contributed by atoms with Gasteiger partial charge in [0.1, 0.15) is 5.71 Å². The van der Waals surface area contributed by atoms with Crippen LogP contribution < -0.4 is 5.43 Å². The molecule has 228 valence electrons. The van der Waals surface area contributed by atoms with E-state index in [9.17, 15) is 0 Å². The Morgan fingerprint density at radius 1 is 0.646 bits per heavy atom. The fourth-order valence-electron chi connectivity index (χ4n) is 7.31. The van der Waals surface area contributed by atoms with Crippen LogP contribution in [-0.4, -0.2) is 21.4 Å². The third-order valence-electron chi connectivity index (χ3n) is 9.76. The molecule has 2 aliphatic rings. The van der Waals surface area contributed by atoms with Gasteiger partial charge in [0.05, 0.1) is 22.6 Å². The van der Waals surface area contributed by atoms with Crippen molar-refractivity contribution in [1.82, 2.24) is 9.97 Å². The minimum atomic E-state index is -0.0576. The molecule has 6 aromatic carbocycles. The van der Waals surface area contributed by atoms with Gasteiger partial charge in [-0.1, -0.05) is 117 Å². The third-order valence-corrected chi connectivity index (χ3v) is 9.76.